The first-order chi connectivity index (χ1) is 9.06. The van der Waals surface area contributed by atoms with Gasteiger partial charge in [0.25, 0.3) is 0 Å². The molecule has 2 aromatic rings. The molecule has 0 saturated heterocycles. The average Bonchev–Trinajstić information content (AvgIpc) is 2.40. The number of nitrogens with zero attached hydrogens (tertiary/aromatic N) is 1. The standard InChI is InChI=1S/C18H21N/c1-18(2,3)14-19-17(15-10-6-4-7-11-15)16-12-8-5-9-13-16/h4-13H,14H2,1-3H3. The fraction of sp³-hybridized carbons (Fsp3) is 0.278. The molecule has 0 radical (unpaired) electrons. The van der Waals surface area contributed by atoms with Crippen LogP contribution >= 0.6 is 0 Å². The second kappa shape index (κ2) is 5.83. The van der Waals surface area contributed by atoms with E-state index in [4.69, 9.17) is 4.99 Å². The Hall–Kier alpha value is -1.89. The zero-order chi connectivity index (χ0) is 13.7. The Bertz CT molecular complexity index is 491. The van der Waals surface area contributed by atoms with Crippen LogP contribution in [0.15, 0.2) is 65.7 Å². The van der Waals surface area contributed by atoms with Gasteiger partial charge in [-0.2, -0.15) is 0 Å². The molecular formula is C18H21N. The molecule has 0 saturated carbocycles. The van der Waals surface area contributed by atoms with Gasteiger partial charge < -0.3 is 0 Å². The summed E-state index contributed by atoms with van der Waals surface area (Å²) in [5, 5.41) is 0. The van der Waals surface area contributed by atoms with E-state index < -0.39 is 0 Å². The van der Waals surface area contributed by atoms with Gasteiger partial charge in [0.15, 0.2) is 0 Å². The molecule has 0 atom stereocenters. The minimum absolute atomic E-state index is 0.203. The minimum Gasteiger partial charge on any atom is -0.284 e. The molecule has 1 heteroatoms. The highest BCUT2D eigenvalue weighted by Gasteiger charge is 2.11. The van der Waals surface area contributed by atoms with Crippen LogP contribution in [0.3, 0.4) is 0 Å². The van der Waals surface area contributed by atoms with Gasteiger partial charge in [0.05, 0.1) is 5.71 Å². The van der Waals surface area contributed by atoms with Crippen LogP contribution < -0.4 is 0 Å². The predicted octanol–water partition coefficient (Wildman–Crippen LogP) is 4.57. The van der Waals surface area contributed by atoms with Gasteiger partial charge in [-0.15, -0.1) is 0 Å². The van der Waals surface area contributed by atoms with Crippen molar-refractivity contribution in [3.63, 3.8) is 0 Å². The number of rotatable bonds is 3. The summed E-state index contributed by atoms with van der Waals surface area (Å²) >= 11 is 0. The van der Waals surface area contributed by atoms with E-state index in [0.29, 0.717) is 0 Å². The van der Waals surface area contributed by atoms with Gasteiger partial charge in [0.2, 0.25) is 0 Å². The molecule has 0 bridgehead atoms. The van der Waals surface area contributed by atoms with E-state index in [0.717, 1.165) is 12.3 Å². The summed E-state index contributed by atoms with van der Waals surface area (Å²) in [7, 11) is 0. The maximum absolute atomic E-state index is 4.85. The molecule has 19 heavy (non-hydrogen) atoms. The van der Waals surface area contributed by atoms with E-state index in [1.54, 1.807) is 0 Å². The van der Waals surface area contributed by atoms with Crippen molar-refractivity contribution >= 4 is 5.71 Å². The molecule has 0 aliphatic carbocycles. The van der Waals surface area contributed by atoms with Crippen molar-refractivity contribution < 1.29 is 0 Å². The summed E-state index contributed by atoms with van der Waals surface area (Å²) in [4.78, 5) is 4.85. The summed E-state index contributed by atoms with van der Waals surface area (Å²) in [6.07, 6.45) is 0. The molecule has 0 fully saturated rings. The molecule has 0 N–H and O–H groups in total. The van der Waals surface area contributed by atoms with Crippen LogP contribution in [-0.2, 0) is 0 Å². The Kier molecular flexibility index (Phi) is 4.16. The van der Waals surface area contributed by atoms with Crippen molar-refractivity contribution in [3.8, 4) is 0 Å². The van der Waals surface area contributed by atoms with Gasteiger partial charge in [-0.1, -0.05) is 81.4 Å². The second-order valence-electron chi connectivity index (χ2n) is 5.96. The lowest BCUT2D eigenvalue weighted by Crippen LogP contribution is -2.13. The average molecular weight is 251 g/mol. The Morgan fingerprint density at radius 2 is 1.21 bits per heavy atom. The van der Waals surface area contributed by atoms with Crippen molar-refractivity contribution in [2.24, 2.45) is 10.4 Å². The Morgan fingerprint density at radius 1 is 0.789 bits per heavy atom. The number of hydrogen-bond acceptors (Lipinski definition) is 1. The van der Waals surface area contributed by atoms with Gasteiger partial charge in [-0.05, 0) is 5.41 Å². The van der Waals surface area contributed by atoms with Crippen molar-refractivity contribution in [1.82, 2.24) is 0 Å². The van der Waals surface area contributed by atoms with Crippen LogP contribution in [0.5, 0.6) is 0 Å². The summed E-state index contributed by atoms with van der Waals surface area (Å²) < 4.78 is 0. The van der Waals surface area contributed by atoms with E-state index in [9.17, 15) is 0 Å². The molecule has 0 aliphatic heterocycles. The number of benzene rings is 2. The van der Waals surface area contributed by atoms with E-state index in [1.807, 2.05) is 12.1 Å². The van der Waals surface area contributed by atoms with Crippen LogP contribution in [0.1, 0.15) is 31.9 Å². The van der Waals surface area contributed by atoms with Crippen LogP contribution in [-0.4, -0.2) is 12.3 Å². The third-order valence-corrected chi connectivity index (χ3v) is 2.81. The van der Waals surface area contributed by atoms with Crippen molar-refractivity contribution in [3.05, 3.63) is 71.8 Å². The molecule has 0 amide bonds. The van der Waals surface area contributed by atoms with Gasteiger partial charge in [0.1, 0.15) is 0 Å². The zero-order valence-electron chi connectivity index (χ0n) is 11.9. The number of aliphatic imine (C=N–C) groups is 1. The van der Waals surface area contributed by atoms with Crippen molar-refractivity contribution in [2.75, 3.05) is 6.54 Å². The fourth-order valence-electron chi connectivity index (χ4n) is 1.86. The summed E-state index contributed by atoms with van der Waals surface area (Å²) in [6.45, 7) is 7.46. The lowest BCUT2D eigenvalue weighted by atomic mass is 9.96. The highest BCUT2D eigenvalue weighted by Crippen LogP contribution is 2.16. The smallest absolute Gasteiger partial charge is 0.0719 e. The van der Waals surface area contributed by atoms with Crippen molar-refractivity contribution in [2.45, 2.75) is 20.8 Å². The first-order valence-corrected chi connectivity index (χ1v) is 6.71. The molecule has 2 aromatic carbocycles. The minimum atomic E-state index is 0.203. The lowest BCUT2D eigenvalue weighted by molar-refractivity contribution is 0.430. The summed E-state index contributed by atoms with van der Waals surface area (Å²) in [5.41, 5.74) is 3.64. The largest absolute Gasteiger partial charge is 0.284 e. The van der Waals surface area contributed by atoms with Gasteiger partial charge in [-0.25, -0.2) is 0 Å². The molecule has 0 aliphatic rings. The van der Waals surface area contributed by atoms with Crippen LogP contribution in [0.2, 0.25) is 0 Å². The molecule has 1 nitrogen and oxygen atoms in total. The Balaban J connectivity index is 2.40. The predicted molar refractivity (Wildman–Crippen MR) is 82.8 cm³/mol. The normalized spacial score (nSPS) is 11.1. The van der Waals surface area contributed by atoms with E-state index in [2.05, 4.69) is 69.3 Å². The molecule has 2 rings (SSSR count). The number of hydrogen-bond donors (Lipinski definition) is 0. The van der Waals surface area contributed by atoms with Gasteiger partial charge >= 0.3 is 0 Å². The topological polar surface area (TPSA) is 12.4 Å². The molecule has 0 unspecified atom stereocenters. The summed E-state index contributed by atoms with van der Waals surface area (Å²) in [6, 6.07) is 20.8. The van der Waals surface area contributed by atoms with Crippen LogP contribution in [0.25, 0.3) is 0 Å². The summed E-state index contributed by atoms with van der Waals surface area (Å²) in [5.74, 6) is 0. The monoisotopic (exact) mass is 251 g/mol. The quantitative estimate of drug-likeness (QED) is 0.709. The Labute approximate surface area is 116 Å². The first-order valence-electron chi connectivity index (χ1n) is 6.71. The lowest BCUT2D eigenvalue weighted by Gasteiger charge is -2.16. The molecular weight excluding hydrogens is 230 g/mol. The van der Waals surface area contributed by atoms with E-state index in [-0.39, 0.29) is 5.41 Å². The fourth-order valence-corrected chi connectivity index (χ4v) is 1.86. The van der Waals surface area contributed by atoms with E-state index in [1.165, 1.54) is 11.1 Å². The third kappa shape index (κ3) is 4.06. The molecule has 0 spiro atoms. The SMILES string of the molecule is CC(C)(C)CN=C(c1ccccc1)c1ccccc1. The first kappa shape index (κ1) is 13.5. The van der Waals surface area contributed by atoms with Crippen molar-refractivity contribution in [1.29, 1.82) is 0 Å². The van der Waals surface area contributed by atoms with Crippen LogP contribution in [0, 0.1) is 5.41 Å². The molecule has 98 valence electrons. The highest BCUT2D eigenvalue weighted by molar-refractivity contribution is 6.12. The highest BCUT2D eigenvalue weighted by atomic mass is 14.8. The van der Waals surface area contributed by atoms with E-state index >= 15 is 0 Å². The van der Waals surface area contributed by atoms with Gasteiger partial charge in [-0.3, -0.25) is 4.99 Å². The molecule has 0 heterocycles. The second-order valence-corrected chi connectivity index (χ2v) is 5.96. The van der Waals surface area contributed by atoms with Crippen LogP contribution in [0.4, 0.5) is 0 Å². The van der Waals surface area contributed by atoms with Gasteiger partial charge in [0, 0.05) is 17.7 Å². The third-order valence-electron chi connectivity index (χ3n) is 2.81. The molecule has 0 aromatic heterocycles. The zero-order valence-corrected chi connectivity index (χ0v) is 11.9. The maximum atomic E-state index is 4.85. The maximum Gasteiger partial charge on any atom is 0.0719 e. The Morgan fingerprint density at radius 3 is 1.58 bits per heavy atom.